The summed E-state index contributed by atoms with van der Waals surface area (Å²) in [6, 6.07) is 14.9. The van der Waals surface area contributed by atoms with Crippen LogP contribution in [0.25, 0.3) is 11.1 Å². The second-order valence-corrected chi connectivity index (χ2v) is 8.88. The summed E-state index contributed by atoms with van der Waals surface area (Å²) >= 11 is 0. The highest BCUT2D eigenvalue weighted by Gasteiger charge is 2.29. The molecule has 2 amide bonds. The molecule has 0 unspecified atom stereocenters. The van der Waals surface area contributed by atoms with Crippen LogP contribution in [0, 0.1) is 0 Å². The van der Waals surface area contributed by atoms with Crippen molar-refractivity contribution in [3.8, 4) is 11.1 Å². The lowest BCUT2D eigenvalue weighted by Gasteiger charge is -2.23. The Kier molecular flexibility index (Phi) is 7.71. The van der Waals surface area contributed by atoms with E-state index in [4.69, 9.17) is 9.47 Å². The first kappa shape index (κ1) is 24.3. The number of rotatable bonds is 9. The molecule has 0 bridgehead atoms. The van der Waals surface area contributed by atoms with Gasteiger partial charge >= 0.3 is 12.1 Å². The van der Waals surface area contributed by atoms with Crippen LogP contribution in [0.15, 0.2) is 48.5 Å². The molecule has 0 aromatic heterocycles. The number of hydrogen-bond donors (Lipinski definition) is 3. The van der Waals surface area contributed by atoms with E-state index >= 15 is 0 Å². The SMILES string of the molecule is CC(C)(C)OC[C@H](NC(=O)CCNC(=O)OCC1c2ccccc2-c2ccccc21)C(=O)O. The van der Waals surface area contributed by atoms with Crippen molar-refractivity contribution in [3.63, 3.8) is 0 Å². The summed E-state index contributed by atoms with van der Waals surface area (Å²) in [4.78, 5) is 35.6. The Morgan fingerprint density at radius 2 is 1.58 bits per heavy atom. The smallest absolute Gasteiger partial charge is 0.407 e. The number of fused-ring (bicyclic) bond motifs is 3. The van der Waals surface area contributed by atoms with E-state index < -0.39 is 29.6 Å². The zero-order valence-corrected chi connectivity index (χ0v) is 19.1. The molecule has 0 saturated heterocycles. The molecule has 0 aliphatic heterocycles. The molecule has 8 nitrogen and oxygen atoms in total. The Bertz CT molecular complexity index is 968. The van der Waals surface area contributed by atoms with Gasteiger partial charge in [0.05, 0.1) is 12.2 Å². The molecule has 33 heavy (non-hydrogen) atoms. The second-order valence-electron chi connectivity index (χ2n) is 8.88. The maximum Gasteiger partial charge on any atom is 0.407 e. The molecule has 1 aliphatic rings. The Morgan fingerprint density at radius 1 is 1.00 bits per heavy atom. The average molecular weight is 455 g/mol. The van der Waals surface area contributed by atoms with Gasteiger partial charge in [-0.1, -0.05) is 48.5 Å². The first-order chi connectivity index (χ1) is 15.7. The predicted molar refractivity (Wildman–Crippen MR) is 123 cm³/mol. The molecule has 3 rings (SSSR count). The molecule has 176 valence electrons. The van der Waals surface area contributed by atoms with E-state index in [0.717, 1.165) is 22.3 Å². The second kappa shape index (κ2) is 10.5. The predicted octanol–water partition coefficient (Wildman–Crippen LogP) is 3.30. The minimum absolute atomic E-state index is 0.0228. The fourth-order valence-corrected chi connectivity index (χ4v) is 3.70. The Balaban J connectivity index is 1.45. The van der Waals surface area contributed by atoms with Gasteiger partial charge in [0.15, 0.2) is 6.04 Å². The number of amides is 2. The van der Waals surface area contributed by atoms with Crippen LogP contribution in [0.5, 0.6) is 0 Å². The molecular formula is C25H30N2O6. The van der Waals surface area contributed by atoms with Gasteiger partial charge in [-0.2, -0.15) is 0 Å². The number of ether oxygens (including phenoxy) is 2. The highest BCUT2D eigenvalue weighted by Crippen LogP contribution is 2.44. The molecule has 0 spiro atoms. The quantitative estimate of drug-likeness (QED) is 0.536. The summed E-state index contributed by atoms with van der Waals surface area (Å²) in [5.74, 6) is -1.73. The van der Waals surface area contributed by atoms with Crippen LogP contribution in [-0.4, -0.2) is 54.5 Å². The van der Waals surface area contributed by atoms with E-state index in [0.29, 0.717) is 0 Å². The van der Waals surface area contributed by atoms with Crippen molar-refractivity contribution in [3.05, 3.63) is 59.7 Å². The summed E-state index contributed by atoms with van der Waals surface area (Å²) in [6.45, 7) is 5.45. The minimum atomic E-state index is -1.18. The van der Waals surface area contributed by atoms with Gasteiger partial charge in [0, 0.05) is 18.9 Å². The Hall–Kier alpha value is -3.39. The van der Waals surface area contributed by atoms with Gasteiger partial charge in [0.25, 0.3) is 0 Å². The van der Waals surface area contributed by atoms with E-state index in [1.807, 2.05) is 36.4 Å². The number of carbonyl (C=O) groups excluding carboxylic acids is 2. The topological polar surface area (TPSA) is 114 Å². The first-order valence-corrected chi connectivity index (χ1v) is 10.9. The van der Waals surface area contributed by atoms with Crippen molar-refractivity contribution >= 4 is 18.0 Å². The molecule has 1 aliphatic carbocycles. The summed E-state index contributed by atoms with van der Waals surface area (Å²) < 4.78 is 10.9. The van der Waals surface area contributed by atoms with Crippen molar-refractivity contribution in [1.82, 2.24) is 10.6 Å². The lowest BCUT2D eigenvalue weighted by atomic mass is 9.98. The van der Waals surface area contributed by atoms with Crippen LogP contribution in [0.3, 0.4) is 0 Å². The Morgan fingerprint density at radius 3 is 2.12 bits per heavy atom. The van der Waals surface area contributed by atoms with Crippen molar-refractivity contribution in [2.24, 2.45) is 0 Å². The Labute approximate surface area is 193 Å². The van der Waals surface area contributed by atoms with E-state index in [1.54, 1.807) is 20.8 Å². The van der Waals surface area contributed by atoms with Crippen LogP contribution >= 0.6 is 0 Å². The highest BCUT2D eigenvalue weighted by molar-refractivity contribution is 5.84. The number of carboxylic acid groups (broad SMARTS) is 1. The van der Waals surface area contributed by atoms with Crippen LogP contribution in [0.4, 0.5) is 4.79 Å². The number of carboxylic acids is 1. The van der Waals surface area contributed by atoms with Crippen molar-refractivity contribution in [2.45, 2.75) is 44.8 Å². The summed E-state index contributed by atoms with van der Waals surface area (Å²) in [5, 5.41) is 14.2. The number of alkyl carbamates (subject to hydrolysis) is 1. The van der Waals surface area contributed by atoms with Crippen LogP contribution in [0.2, 0.25) is 0 Å². The minimum Gasteiger partial charge on any atom is -0.480 e. The molecule has 0 saturated carbocycles. The average Bonchev–Trinajstić information content (AvgIpc) is 3.08. The lowest BCUT2D eigenvalue weighted by molar-refractivity contribution is -0.145. The van der Waals surface area contributed by atoms with Crippen LogP contribution in [0.1, 0.15) is 44.2 Å². The molecule has 0 heterocycles. The monoisotopic (exact) mass is 454 g/mol. The van der Waals surface area contributed by atoms with Gasteiger partial charge in [-0.25, -0.2) is 9.59 Å². The summed E-state index contributed by atoms with van der Waals surface area (Å²) in [7, 11) is 0. The zero-order chi connectivity index (χ0) is 24.0. The van der Waals surface area contributed by atoms with Crippen LogP contribution < -0.4 is 10.6 Å². The highest BCUT2D eigenvalue weighted by atomic mass is 16.5. The van der Waals surface area contributed by atoms with Gasteiger partial charge < -0.3 is 25.2 Å². The first-order valence-electron chi connectivity index (χ1n) is 10.9. The summed E-state index contributed by atoms with van der Waals surface area (Å²) in [6.07, 6.45) is -0.709. The van der Waals surface area contributed by atoms with Gasteiger partial charge in [-0.3, -0.25) is 4.79 Å². The number of carbonyl (C=O) groups is 3. The molecule has 2 aromatic rings. The van der Waals surface area contributed by atoms with E-state index in [-0.39, 0.29) is 32.1 Å². The molecule has 8 heteroatoms. The maximum absolute atomic E-state index is 12.2. The van der Waals surface area contributed by atoms with Crippen molar-refractivity contribution in [2.75, 3.05) is 19.8 Å². The normalized spacial score (nSPS) is 13.5. The largest absolute Gasteiger partial charge is 0.480 e. The van der Waals surface area contributed by atoms with Crippen LogP contribution in [-0.2, 0) is 19.1 Å². The number of hydrogen-bond acceptors (Lipinski definition) is 5. The molecule has 2 aromatic carbocycles. The third-order valence-corrected chi connectivity index (χ3v) is 5.28. The molecule has 0 radical (unpaired) electrons. The van der Waals surface area contributed by atoms with Crippen molar-refractivity contribution < 1.29 is 29.0 Å². The number of aliphatic carboxylic acids is 1. The third kappa shape index (κ3) is 6.55. The summed E-state index contributed by atoms with van der Waals surface area (Å²) in [5.41, 5.74) is 3.99. The third-order valence-electron chi connectivity index (χ3n) is 5.28. The fraction of sp³-hybridized carbons (Fsp3) is 0.400. The zero-order valence-electron chi connectivity index (χ0n) is 19.1. The fourth-order valence-electron chi connectivity index (χ4n) is 3.70. The molecular weight excluding hydrogens is 424 g/mol. The maximum atomic E-state index is 12.2. The number of benzene rings is 2. The standard InChI is InChI=1S/C25H30N2O6/c1-25(2,3)33-15-21(23(29)30)27-22(28)12-13-26-24(31)32-14-20-18-10-6-4-8-16(18)17-9-5-7-11-19(17)20/h4-11,20-21H,12-15H2,1-3H3,(H,26,31)(H,27,28)(H,29,30)/t21-/m0/s1. The van der Waals surface area contributed by atoms with E-state index in [9.17, 15) is 19.5 Å². The number of nitrogens with one attached hydrogen (secondary N) is 2. The van der Waals surface area contributed by atoms with E-state index in [1.165, 1.54) is 0 Å². The van der Waals surface area contributed by atoms with Gasteiger partial charge in [0.2, 0.25) is 5.91 Å². The van der Waals surface area contributed by atoms with Gasteiger partial charge in [-0.05, 0) is 43.0 Å². The molecule has 3 N–H and O–H groups in total. The molecule has 1 atom stereocenters. The van der Waals surface area contributed by atoms with Gasteiger partial charge in [-0.15, -0.1) is 0 Å². The van der Waals surface area contributed by atoms with Crippen molar-refractivity contribution in [1.29, 1.82) is 0 Å². The lowest BCUT2D eigenvalue weighted by Crippen LogP contribution is -2.46. The van der Waals surface area contributed by atoms with Gasteiger partial charge in [0.1, 0.15) is 6.61 Å². The van der Waals surface area contributed by atoms with E-state index in [2.05, 4.69) is 22.8 Å². The molecule has 0 fully saturated rings.